The molecule has 0 aromatic carbocycles. The Balaban J connectivity index is 1.43. The van der Waals surface area contributed by atoms with Gasteiger partial charge in [-0.25, -0.2) is 0 Å². The van der Waals surface area contributed by atoms with E-state index in [1.807, 2.05) is 13.8 Å². The van der Waals surface area contributed by atoms with Crippen LogP contribution in [-0.4, -0.2) is 98.5 Å². The smallest absolute Gasteiger partial charge is 0.186 e. The zero-order valence-electron chi connectivity index (χ0n) is 21.1. The standard InChI is InChI=1S/C26H44O9/c1-24(19(30)12-34-23-22(33)21(32)20(31)16(11-27)35-23)8-6-15-14(10-24)4-5-17-25(15,2)9-7-18(29)26(17,3)13-28/h4,15-23,27-33H,5-13H2,1-3H3/t15-,16-,17-,18-,19+,20-,21+,22-,23-,24+,25+,26-/m0/s1. The van der Waals surface area contributed by atoms with E-state index in [-0.39, 0.29) is 24.5 Å². The van der Waals surface area contributed by atoms with Gasteiger partial charge in [0.1, 0.15) is 24.4 Å². The Kier molecular flexibility index (Phi) is 7.77. The van der Waals surface area contributed by atoms with Crippen molar-refractivity contribution in [3.8, 4) is 0 Å². The van der Waals surface area contributed by atoms with Crippen LogP contribution in [0.4, 0.5) is 0 Å². The van der Waals surface area contributed by atoms with Crippen molar-refractivity contribution in [2.24, 2.45) is 28.1 Å². The molecule has 9 heteroatoms. The van der Waals surface area contributed by atoms with E-state index in [1.54, 1.807) is 0 Å². The number of ether oxygens (including phenoxy) is 2. The van der Waals surface area contributed by atoms with Crippen LogP contribution < -0.4 is 0 Å². The minimum atomic E-state index is -1.52. The van der Waals surface area contributed by atoms with Gasteiger partial charge in [-0.05, 0) is 61.2 Å². The fourth-order valence-corrected chi connectivity index (χ4v) is 7.56. The Labute approximate surface area is 207 Å². The van der Waals surface area contributed by atoms with Gasteiger partial charge in [0.2, 0.25) is 0 Å². The Hall–Kier alpha value is -0.620. The van der Waals surface area contributed by atoms with Crippen molar-refractivity contribution in [1.82, 2.24) is 0 Å². The van der Waals surface area contributed by atoms with Crippen LogP contribution in [-0.2, 0) is 9.47 Å². The molecule has 0 unspecified atom stereocenters. The third-order valence-electron chi connectivity index (χ3n) is 10.2. The SMILES string of the molecule is C[C@@]1([C@H](O)CO[C@H]2O[C@@H](CO)[C@H](O)[C@@H](O)[C@@H]2O)CC[C@H]2C(=CC[C@@H]3[C@](C)(CO)[C@@H](O)CC[C@@]32C)C1. The molecule has 35 heavy (non-hydrogen) atoms. The fraction of sp³-hybridized carbons (Fsp3) is 0.923. The number of hydrogen-bond donors (Lipinski definition) is 7. The van der Waals surface area contributed by atoms with Crippen LogP contribution in [0, 0.1) is 28.1 Å². The third kappa shape index (κ3) is 4.51. The van der Waals surface area contributed by atoms with Gasteiger partial charge < -0.3 is 45.2 Å². The Morgan fingerprint density at radius 1 is 1.03 bits per heavy atom. The lowest BCUT2D eigenvalue weighted by molar-refractivity contribution is -0.306. The van der Waals surface area contributed by atoms with Gasteiger partial charge in [-0.1, -0.05) is 32.4 Å². The van der Waals surface area contributed by atoms with Crippen molar-refractivity contribution in [2.75, 3.05) is 19.8 Å². The monoisotopic (exact) mass is 500 g/mol. The second-order valence-corrected chi connectivity index (χ2v) is 12.3. The summed E-state index contributed by atoms with van der Waals surface area (Å²) in [6.45, 7) is 5.65. The van der Waals surface area contributed by atoms with Crippen molar-refractivity contribution in [3.63, 3.8) is 0 Å². The first-order valence-electron chi connectivity index (χ1n) is 13.0. The minimum Gasteiger partial charge on any atom is -0.396 e. The number of allylic oxidation sites excluding steroid dienone is 2. The molecule has 4 rings (SSSR count). The van der Waals surface area contributed by atoms with E-state index in [0.717, 1.165) is 25.7 Å². The molecule has 4 aliphatic rings. The Morgan fingerprint density at radius 2 is 1.74 bits per heavy atom. The van der Waals surface area contributed by atoms with E-state index in [0.29, 0.717) is 18.8 Å². The lowest BCUT2D eigenvalue weighted by Gasteiger charge is -2.61. The lowest BCUT2D eigenvalue weighted by atomic mass is 9.45. The van der Waals surface area contributed by atoms with Gasteiger partial charge in [-0.3, -0.25) is 0 Å². The van der Waals surface area contributed by atoms with Crippen LogP contribution >= 0.6 is 0 Å². The molecule has 3 aliphatic carbocycles. The molecule has 0 bridgehead atoms. The molecule has 2 saturated carbocycles. The summed E-state index contributed by atoms with van der Waals surface area (Å²) < 4.78 is 11.0. The predicted molar refractivity (Wildman–Crippen MR) is 126 cm³/mol. The molecule has 0 radical (unpaired) electrons. The van der Waals surface area contributed by atoms with Gasteiger partial charge in [0, 0.05) is 5.41 Å². The maximum atomic E-state index is 11.1. The molecule has 3 fully saturated rings. The zero-order valence-corrected chi connectivity index (χ0v) is 21.1. The summed E-state index contributed by atoms with van der Waals surface area (Å²) in [7, 11) is 0. The molecule has 202 valence electrons. The highest BCUT2D eigenvalue weighted by atomic mass is 16.7. The summed E-state index contributed by atoms with van der Waals surface area (Å²) in [5.74, 6) is 0.535. The van der Waals surface area contributed by atoms with Crippen LogP contribution in [0.25, 0.3) is 0 Å². The predicted octanol–water partition coefficient (Wildman–Crippen LogP) is 0.0761. The molecular weight excluding hydrogens is 456 g/mol. The van der Waals surface area contributed by atoms with Gasteiger partial charge in [0.15, 0.2) is 6.29 Å². The van der Waals surface area contributed by atoms with Crippen molar-refractivity contribution < 1.29 is 45.2 Å². The summed E-state index contributed by atoms with van der Waals surface area (Å²) in [6, 6.07) is 0. The largest absolute Gasteiger partial charge is 0.396 e. The van der Waals surface area contributed by atoms with Crippen molar-refractivity contribution in [1.29, 1.82) is 0 Å². The normalized spacial score (nSPS) is 51.2. The molecule has 1 aliphatic heterocycles. The molecule has 0 spiro atoms. The fourth-order valence-electron chi connectivity index (χ4n) is 7.56. The van der Waals surface area contributed by atoms with E-state index in [1.165, 1.54) is 5.57 Å². The third-order valence-corrected chi connectivity index (χ3v) is 10.2. The van der Waals surface area contributed by atoms with Gasteiger partial charge in [-0.15, -0.1) is 0 Å². The Bertz CT molecular complexity index is 789. The summed E-state index contributed by atoms with van der Waals surface area (Å²) >= 11 is 0. The first-order valence-corrected chi connectivity index (χ1v) is 13.0. The van der Waals surface area contributed by atoms with Gasteiger partial charge in [-0.2, -0.15) is 0 Å². The second-order valence-electron chi connectivity index (χ2n) is 12.3. The highest BCUT2D eigenvalue weighted by Crippen LogP contribution is 2.63. The average Bonchev–Trinajstić information content (AvgIpc) is 2.84. The lowest BCUT2D eigenvalue weighted by Crippen LogP contribution is -2.59. The van der Waals surface area contributed by atoms with Gasteiger partial charge >= 0.3 is 0 Å². The highest BCUT2D eigenvalue weighted by Gasteiger charge is 2.59. The topological polar surface area (TPSA) is 160 Å². The first-order chi connectivity index (χ1) is 16.4. The molecule has 1 saturated heterocycles. The quantitative estimate of drug-likeness (QED) is 0.251. The number of aliphatic hydroxyl groups is 7. The van der Waals surface area contributed by atoms with E-state index in [4.69, 9.17) is 9.47 Å². The minimum absolute atomic E-state index is 0.0140. The molecule has 0 aromatic rings. The highest BCUT2D eigenvalue weighted by molar-refractivity contribution is 5.25. The van der Waals surface area contributed by atoms with E-state index < -0.39 is 60.4 Å². The van der Waals surface area contributed by atoms with Crippen LogP contribution in [0.2, 0.25) is 0 Å². The van der Waals surface area contributed by atoms with E-state index in [9.17, 15) is 35.7 Å². The van der Waals surface area contributed by atoms with Crippen LogP contribution in [0.1, 0.15) is 59.3 Å². The number of hydrogen-bond acceptors (Lipinski definition) is 9. The number of rotatable bonds is 6. The number of aliphatic hydroxyl groups excluding tert-OH is 7. The molecule has 7 N–H and O–H groups in total. The van der Waals surface area contributed by atoms with Crippen LogP contribution in [0.3, 0.4) is 0 Å². The zero-order chi connectivity index (χ0) is 25.8. The average molecular weight is 501 g/mol. The van der Waals surface area contributed by atoms with Crippen molar-refractivity contribution >= 4 is 0 Å². The molecule has 12 atom stereocenters. The Morgan fingerprint density at radius 3 is 2.40 bits per heavy atom. The molecule has 0 aromatic heterocycles. The summed E-state index contributed by atoms with van der Waals surface area (Å²) in [4.78, 5) is 0. The summed E-state index contributed by atoms with van der Waals surface area (Å²) in [5.41, 5.74) is 0.337. The van der Waals surface area contributed by atoms with Crippen LogP contribution in [0.15, 0.2) is 11.6 Å². The molecule has 9 nitrogen and oxygen atoms in total. The van der Waals surface area contributed by atoms with E-state index >= 15 is 0 Å². The first kappa shape index (κ1) is 27.4. The van der Waals surface area contributed by atoms with Crippen molar-refractivity contribution in [3.05, 3.63) is 11.6 Å². The maximum absolute atomic E-state index is 11.1. The van der Waals surface area contributed by atoms with Crippen LogP contribution in [0.5, 0.6) is 0 Å². The number of fused-ring (bicyclic) bond motifs is 3. The van der Waals surface area contributed by atoms with E-state index in [2.05, 4.69) is 13.0 Å². The molecule has 1 heterocycles. The maximum Gasteiger partial charge on any atom is 0.186 e. The van der Waals surface area contributed by atoms with Crippen molar-refractivity contribution in [2.45, 2.75) is 102 Å². The molecule has 0 amide bonds. The second kappa shape index (κ2) is 9.93. The molecular formula is C26H44O9. The van der Waals surface area contributed by atoms with Gasteiger partial charge in [0.25, 0.3) is 0 Å². The summed E-state index contributed by atoms with van der Waals surface area (Å²) in [6.07, 6.45) is -1.13. The van der Waals surface area contributed by atoms with Gasteiger partial charge in [0.05, 0.1) is 32.0 Å². The summed E-state index contributed by atoms with van der Waals surface area (Å²) in [5, 5.41) is 71.5.